The first kappa shape index (κ1) is 21.7. The van der Waals surface area contributed by atoms with Crippen LogP contribution in [0.2, 0.25) is 0 Å². The van der Waals surface area contributed by atoms with Crippen LogP contribution in [0.25, 0.3) is 0 Å². The molecule has 1 aromatic carbocycles. The molecule has 2 rings (SSSR count). The molecule has 0 unspecified atom stereocenters. The number of carbonyl (C=O) groups is 2. The number of benzene rings is 1. The van der Waals surface area contributed by atoms with Crippen LogP contribution in [0.3, 0.4) is 0 Å². The second-order valence-electron chi connectivity index (χ2n) is 6.21. The summed E-state index contributed by atoms with van der Waals surface area (Å²) in [6.07, 6.45) is 1.63. The number of aryl methyl sites for hydroxylation is 2. The Balaban J connectivity index is 1.89. The lowest BCUT2D eigenvalue weighted by Crippen LogP contribution is -2.30. The zero-order valence-electron chi connectivity index (χ0n) is 16.7. The van der Waals surface area contributed by atoms with E-state index in [1.165, 1.54) is 11.8 Å². The van der Waals surface area contributed by atoms with Crippen molar-refractivity contribution in [3.05, 3.63) is 41.2 Å². The molecule has 2 aromatic rings. The van der Waals surface area contributed by atoms with Gasteiger partial charge in [0.15, 0.2) is 11.3 Å². The van der Waals surface area contributed by atoms with Crippen molar-refractivity contribution in [2.24, 2.45) is 0 Å². The highest BCUT2D eigenvalue weighted by molar-refractivity contribution is 7.98. The SMILES string of the molecule is COc1cccc(NC(=O)[C@@H](C)OC(=O)CCc2c(C)nc(SC)nc2C)c1. The molecule has 1 N–H and O–H groups in total. The summed E-state index contributed by atoms with van der Waals surface area (Å²) in [5.74, 6) is -0.217. The molecule has 1 heterocycles. The minimum atomic E-state index is -0.906. The first-order valence-corrected chi connectivity index (χ1v) is 10.1. The van der Waals surface area contributed by atoms with Gasteiger partial charge in [-0.15, -0.1) is 0 Å². The summed E-state index contributed by atoms with van der Waals surface area (Å²) >= 11 is 1.48. The van der Waals surface area contributed by atoms with Crippen LogP contribution in [0.15, 0.2) is 29.4 Å². The van der Waals surface area contributed by atoms with E-state index in [1.807, 2.05) is 20.1 Å². The van der Waals surface area contributed by atoms with Gasteiger partial charge in [-0.25, -0.2) is 9.97 Å². The van der Waals surface area contributed by atoms with E-state index in [-0.39, 0.29) is 6.42 Å². The van der Waals surface area contributed by atoms with Crippen LogP contribution in [0.4, 0.5) is 5.69 Å². The maximum Gasteiger partial charge on any atom is 0.306 e. The molecule has 28 heavy (non-hydrogen) atoms. The number of methoxy groups -OCH3 is 1. The lowest BCUT2D eigenvalue weighted by molar-refractivity contribution is -0.153. The van der Waals surface area contributed by atoms with E-state index in [1.54, 1.807) is 38.3 Å². The topological polar surface area (TPSA) is 90.4 Å². The molecule has 0 aliphatic rings. The number of hydrogen-bond acceptors (Lipinski definition) is 7. The molecule has 150 valence electrons. The van der Waals surface area contributed by atoms with Crippen LogP contribution in [0.1, 0.15) is 30.3 Å². The Kier molecular flexibility index (Phi) is 7.80. The number of ether oxygens (including phenoxy) is 2. The van der Waals surface area contributed by atoms with Gasteiger partial charge in [0.25, 0.3) is 5.91 Å². The van der Waals surface area contributed by atoms with E-state index in [2.05, 4.69) is 15.3 Å². The molecular formula is C20H25N3O4S. The molecule has 0 bridgehead atoms. The van der Waals surface area contributed by atoms with Gasteiger partial charge >= 0.3 is 5.97 Å². The first-order chi connectivity index (χ1) is 13.3. The Morgan fingerprint density at radius 1 is 1.21 bits per heavy atom. The van der Waals surface area contributed by atoms with Crippen molar-refractivity contribution in [2.45, 2.75) is 44.9 Å². The predicted octanol–water partition coefficient (Wildman–Crippen LogP) is 3.33. The highest BCUT2D eigenvalue weighted by Gasteiger charge is 2.19. The number of nitrogens with zero attached hydrogens (tertiary/aromatic N) is 2. The summed E-state index contributed by atoms with van der Waals surface area (Å²) < 4.78 is 10.4. The van der Waals surface area contributed by atoms with Gasteiger partial charge in [0.1, 0.15) is 5.75 Å². The second kappa shape index (κ2) is 10.1. The highest BCUT2D eigenvalue weighted by Crippen LogP contribution is 2.18. The minimum absolute atomic E-state index is 0.153. The van der Waals surface area contributed by atoms with Crippen molar-refractivity contribution >= 4 is 29.3 Å². The number of nitrogens with one attached hydrogen (secondary N) is 1. The number of carbonyl (C=O) groups excluding carboxylic acids is 2. The largest absolute Gasteiger partial charge is 0.497 e. The minimum Gasteiger partial charge on any atom is -0.497 e. The fourth-order valence-electron chi connectivity index (χ4n) is 2.64. The molecule has 0 spiro atoms. The zero-order chi connectivity index (χ0) is 20.7. The summed E-state index contributed by atoms with van der Waals surface area (Å²) in [5.41, 5.74) is 3.22. The molecule has 8 heteroatoms. The van der Waals surface area contributed by atoms with Crippen LogP contribution in [0, 0.1) is 13.8 Å². The summed E-state index contributed by atoms with van der Waals surface area (Å²) in [6.45, 7) is 5.35. The van der Waals surface area contributed by atoms with Gasteiger partial charge in [-0.2, -0.15) is 0 Å². The van der Waals surface area contributed by atoms with E-state index in [9.17, 15) is 9.59 Å². The van der Waals surface area contributed by atoms with E-state index in [0.29, 0.717) is 23.0 Å². The quantitative estimate of drug-likeness (QED) is 0.411. The molecule has 0 radical (unpaired) electrons. The number of rotatable bonds is 8. The molecule has 7 nitrogen and oxygen atoms in total. The first-order valence-electron chi connectivity index (χ1n) is 8.86. The Morgan fingerprint density at radius 3 is 2.50 bits per heavy atom. The summed E-state index contributed by atoms with van der Waals surface area (Å²) in [7, 11) is 1.55. The molecule has 1 aromatic heterocycles. The Bertz CT molecular complexity index is 834. The van der Waals surface area contributed by atoms with Gasteiger partial charge in [0, 0.05) is 29.6 Å². The van der Waals surface area contributed by atoms with Gasteiger partial charge < -0.3 is 14.8 Å². The van der Waals surface area contributed by atoms with Crippen LogP contribution in [0.5, 0.6) is 5.75 Å². The van der Waals surface area contributed by atoms with Crippen molar-refractivity contribution in [1.82, 2.24) is 9.97 Å². The van der Waals surface area contributed by atoms with Gasteiger partial charge in [-0.1, -0.05) is 17.8 Å². The Hall–Kier alpha value is -2.61. The lowest BCUT2D eigenvalue weighted by Gasteiger charge is -2.14. The molecule has 0 fully saturated rings. The monoisotopic (exact) mass is 403 g/mol. The average molecular weight is 404 g/mol. The van der Waals surface area contributed by atoms with Crippen molar-refractivity contribution in [2.75, 3.05) is 18.7 Å². The molecule has 1 atom stereocenters. The van der Waals surface area contributed by atoms with E-state index < -0.39 is 18.0 Å². The Labute approximate surface area is 169 Å². The van der Waals surface area contributed by atoms with Crippen LogP contribution >= 0.6 is 11.8 Å². The molecule has 0 aliphatic heterocycles. The van der Waals surface area contributed by atoms with E-state index >= 15 is 0 Å². The molecule has 1 amide bonds. The van der Waals surface area contributed by atoms with Crippen molar-refractivity contribution < 1.29 is 19.1 Å². The van der Waals surface area contributed by atoms with Crippen molar-refractivity contribution in [3.8, 4) is 5.75 Å². The molecule has 0 saturated heterocycles. The van der Waals surface area contributed by atoms with E-state index in [0.717, 1.165) is 17.0 Å². The second-order valence-corrected chi connectivity index (χ2v) is 6.99. The zero-order valence-corrected chi connectivity index (χ0v) is 17.6. The van der Waals surface area contributed by atoms with Gasteiger partial charge in [0.05, 0.1) is 7.11 Å². The van der Waals surface area contributed by atoms with Crippen LogP contribution in [-0.2, 0) is 20.7 Å². The number of thioether (sulfide) groups is 1. The number of anilines is 1. The lowest BCUT2D eigenvalue weighted by atomic mass is 10.1. The average Bonchev–Trinajstić information content (AvgIpc) is 2.67. The van der Waals surface area contributed by atoms with Gasteiger partial charge in [-0.05, 0) is 51.1 Å². The summed E-state index contributed by atoms with van der Waals surface area (Å²) in [6, 6.07) is 6.97. The predicted molar refractivity (Wildman–Crippen MR) is 109 cm³/mol. The number of aromatic nitrogens is 2. The van der Waals surface area contributed by atoms with Crippen LogP contribution < -0.4 is 10.1 Å². The molecule has 0 aliphatic carbocycles. The highest BCUT2D eigenvalue weighted by atomic mass is 32.2. The third kappa shape index (κ3) is 5.95. The number of amides is 1. The van der Waals surface area contributed by atoms with Crippen LogP contribution in [-0.4, -0.2) is 41.3 Å². The van der Waals surface area contributed by atoms with Crippen molar-refractivity contribution in [1.29, 1.82) is 0 Å². The summed E-state index contributed by atoms with van der Waals surface area (Å²) in [5, 5.41) is 3.42. The Morgan fingerprint density at radius 2 is 1.89 bits per heavy atom. The maximum absolute atomic E-state index is 12.2. The summed E-state index contributed by atoms with van der Waals surface area (Å²) in [4.78, 5) is 33.2. The maximum atomic E-state index is 12.2. The molecular weight excluding hydrogens is 378 g/mol. The standard InChI is InChI=1S/C20H25N3O4S/c1-12-17(13(2)22-20(21-12)28-5)9-10-18(24)27-14(3)19(25)23-15-7-6-8-16(11-15)26-4/h6-8,11,14H,9-10H2,1-5H3,(H,23,25)/t14-/m1/s1. The van der Waals surface area contributed by atoms with Crippen molar-refractivity contribution in [3.63, 3.8) is 0 Å². The van der Waals surface area contributed by atoms with Gasteiger partial charge in [-0.3, -0.25) is 9.59 Å². The molecule has 0 saturated carbocycles. The fourth-order valence-corrected chi connectivity index (χ4v) is 3.10. The normalized spacial score (nSPS) is 11.6. The third-order valence-corrected chi connectivity index (χ3v) is 4.72. The number of esters is 1. The number of hydrogen-bond donors (Lipinski definition) is 1. The van der Waals surface area contributed by atoms with E-state index in [4.69, 9.17) is 9.47 Å². The smallest absolute Gasteiger partial charge is 0.306 e. The van der Waals surface area contributed by atoms with Gasteiger partial charge in [0.2, 0.25) is 0 Å². The third-order valence-electron chi connectivity index (χ3n) is 4.18. The fraction of sp³-hybridized carbons (Fsp3) is 0.400.